The molecule has 1 aliphatic heterocycles. The molecule has 0 saturated carbocycles. The van der Waals surface area contributed by atoms with E-state index in [4.69, 9.17) is 4.74 Å². The Bertz CT molecular complexity index is 1070. The Balaban J connectivity index is 1.86. The largest absolute Gasteiger partial charge is 0.466 e. The van der Waals surface area contributed by atoms with Crippen LogP contribution in [0.15, 0.2) is 59.8 Å². The number of anilines is 2. The monoisotopic (exact) mass is 440 g/mol. The number of urea groups is 2. The highest BCUT2D eigenvalue weighted by Gasteiger charge is 2.36. The third-order valence-corrected chi connectivity index (χ3v) is 5.01. The molecular formula is C23H25FN4O4. The molecular weight excluding hydrogens is 415 g/mol. The summed E-state index contributed by atoms with van der Waals surface area (Å²) in [6.07, 6.45) is 0.726. The van der Waals surface area contributed by atoms with Crippen LogP contribution in [-0.4, -0.2) is 36.6 Å². The van der Waals surface area contributed by atoms with Gasteiger partial charge in [0.05, 0.1) is 18.7 Å². The molecule has 3 rings (SSSR count). The maximum Gasteiger partial charge on any atom is 0.337 e. The molecule has 32 heavy (non-hydrogen) atoms. The number of halogens is 1. The molecule has 0 saturated heterocycles. The molecule has 168 valence electrons. The number of hydrogen-bond acceptors (Lipinski definition) is 4. The number of methoxy groups -OCH3 is 1. The minimum absolute atomic E-state index is 0.306. The van der Waals surface area contributed by atoms with Crippen LogP contribution in [-0.2, 0) is 9.53 Å². The lowest BCUT2D eigenvalue weighted by Gasteiger charge is -2.35. The van der Waals surface area contributed by atoms with Crippen molar-refractivity contribution in [1.82, 2.24) is 10.2 Å². The van der Waals surface area contributed by atoms with Crippen molar-refractivity contribution < 1.29 is 23.5 Å². The van der Waals surface area contributed by atoms with E-state index in [0.29, 0.717) is 34.8 Å². The van der Waals surface area contributed by atoms with Crippen molar-refractivity contribution in [2.75, 3.05) is 24.3 Å². The van der Waals surface area contributed by atoms with Gasteiger partial charge in [0.25, 0.3) is 0 Å². The van der Waals surface area contributed by atoms with Gasteiger partial charge in [-0.1, -0.05) is 25.1 Å². The SMILES string of the molecule is CCCN1C(=O)N[C@H](c2cccc(NC(=O)Nc3cccc(F)c3)c2)C(C(=O)OC)=C1C. The summed E-state index contributed by atoms with van der Waals surface area (Å²) in [7, 11) is 1.29. The second-order valence-corrected chi connectivity index (χ2v) is 7.24. The molecule has 1 aliphatic rings. The van der Waals surface area contributed by atoms with E-state index in [1.807, 2.05) is 6.92 Å². The second-order valence-electron chi connectivity index (χ2n) is 7.24. The molecule has 2 aromatic rings. The minimum Gasteiger partial charge on any atom is -0.466 e. The number of allylic oxidation sites excluding steroid dienone is 1. The van der Waals surface area contributed by atoms with Gasteiger partial charge in [-0.2, -0.15) is 0 Å². The van der Waals surface area contributed by atoms with Crippen molar-refractivity contribution in [2.45, 2.75) is 26.3 Å². The third-order valence-electron chi connectivity index (χ3n) is 5.01. The van der Waals surface area contributed by atoms with Crippen molar-refractivity contribution >= 4 is 29.4 Å². The van der Waals surface area contributed by atoms with E-state index in [2.05, 4.69) is 16.0 Å². The number of nitrogens with zero attached hydrogens (tertiary/aromatic N) is 1. The molecule has 0 aromatic heterocycles. The lowest BCUT2D eigenvalue weighted by molar-refractivity contribution is -0.136. The Morgan fingerprint density at radius 3 is 2.41 bits per heavy atom. The summed E-state index contributed by atoms with van der Waals surface area (Å²) in [4.78, 5) is 39.0. The topological polar surface area (TPSA) is 99.8 Å². The molecule has 4 amide bonds. The average Bonchev–Trinajstić information content (AvgIpc) is 2.76. The molecule has 0 unspecified atom stereocenters. The van der Waals surface area contributed by atoms with E-state index < -0.39 is 23.9 Å². The fraction of sp³-hybridized carbons (Fsp3) is 0.261. The molecule has 3 N–H and O–H groups in total. The second kappa shape index (κ2) is 9.95. The Morgan fingerprint density at radius 2 is 1.78 bits per heavy atom. The first-order valence-corrected chi connectivity index (χ1v) is 10.1. The summed E-state index contributed by atoms with van der Waals surface area (Å²) in [6.45, 7) is 4.11. The fourth-order valence-corrected chi connectivity index (χ4v) is 3.55. The predicted molar refractivity (Wildman–Crippen MR) is 118 cm³/mol. The molecule has 9 heteroatoms. The van der Waals surface area contributed by atoms with E-state index in [0.717, 1.165) is 6.42 Å². The molecule has 8 nitrogen and oxygen atoms in total. The van der Waals surface area contributed by atoms with Gasteiger partial charge >= 0.3 is 18.0 Å². The van der Waals surface area contributed by atoms with Gasteiger partial charge in [-0.05, 0) is 49.2 Å². The van der Waals surface area contributed by atoms with Crippen molar-refractivity contribution in [2.24, 2.45) is 0 Å². The number of esters is 1. The van der Waals surface area contributed by atoms with Crippen LogP contribution in [0.2, 0.25) is 0 Å². The Morgan fingerprint density at radius 1 is 1.12 bits per heavy atom. The lowest BCUT2D eigenvalue weighted by Crippen LogP contribution is -2.48. The van der Waals surface area contributed by atoms with Gasteiger partial charge in [0.15, 0.2) is 0 Å². The lowest BCUT2D eigenvalue weighted by atomic mass is 9.94. The van der Waals surface area contributed by atoms with Crippen LogP contribution in [0.25, 0.3) is 0 Å². The van der Waals surface area contributed by atoms with Gasteiger partial charge in [0.2, 0.25) is 0 Å². The van der Waals surface area contributed by atoms with E-state index in [1.165, 1.54) is 30.2 Å². The summed E-state index contributed by atoms with van der Waals surface area (Å²) in [5.74, 6) is -1.01. The maximum atomic E-state index is 13.3. The maximum absolute atomic E-state index is 13.3. The highest BCUT2D eigenvalue weighted by molar-refractivity contribution is 6.00. The van der Waals surface area contributed by atoms with Gasteiger partial charge in [0.1, 0.15) is 5.82 Å². The van der Waals surface area contributed by atoms with Crippen molar-refractivity contribution in [3.63, 3.8) is 0 Å². The molecule has 0 aliphatic carbocycles. The van der Waals surface area contributed by atoms with E-state index >= 15 is 0 Å². The number of ether oxygens (including phenoxy) is 1. The fourth-order valence-electron chi connectivity index (χ4n) is 3.55. The van der Waals surface area contributed by atoms with E-state index in [9.17, 15) is 18.8 Å². The van der Waals surface area contributed by atoms with E-state index in [1.54, 1.807) is 37.3 Å². The number of rotatable bonds is 6. The number of benzene rings is 2. The van der Waals surface area contributed by atoms with Crippen LogP contribution in [0.4, 0.5) is 25.4 Å². The summed E-state index contributed by atoms with van der Waals surface area (Å²) in [6, 6.07) is 10.7. The zero-order valence-electron chi connectivity index (χ0n) is 18.1. The van der Waals surface area contributed by atoms with Crippen molar-refractivity contribution in [1.29, 1.82) is 0 Å². The first-order valence-electron chi connectivity index (χ1n) is 10.1. The van der Waals surface area contributed by atoms with Crippen LogP contribution in [0.5, 0.6) is 0 Å². The standard InChI is InChI=1S/C23H25FN4O4/c1-4-11-28-14(2)19(21(29)32-3)20(27-23(28)31)15-7-5-9-17(12-15)25-22(30)26-18-10-6-8-16(24)13-18/h5-10,12-13,20H,4,11H2,1-3H3,(H,27,31)(H2,25,26,30)/t20-/m1/s1. The number of amides is 4. The first kappa shape index (κ1) is 22.8. The molecule has 0 fully saturated rings. The third kappa shape index (κ3) is 5.05. The highest BCUT2D eigenvalue weighted by atomic mass is 19.1. The van der Waals surface area contributed by atoms with Crippen LogP contribution >= 0.6 is 0 Å². The molecule has 2 aromatic carbocycles. The quantitative estimate of drug-likeness (QED) is 0.580. The number of carbonyl (C=O) groups excluding carboxylic acids is 3. The molecule has 0 spiro atoms. The summed E-state index contributed by atoms with van der Waals surface area (Å²) in [5, 5.41) is 8.07. The summed E-state index contributed by atoms with van der Waals surface area (Å²) >= 11 is 0. The molecule has 0 radical (unpaired) electrons. The van der Waals surface area contributed by atoms with Crippen LogP contribution < -0.4 is 16.0 Å². The van der Waals surface area contributed by atoms with Crippen molar-refractivity contribution in [3.8, 4) is 0 Å². The Labute approximate surface area is 185 Å². The molecule has 1 heterocycles. The predicted octanol–water partition coefficient (Wildman–Crippen LogP) is 4.39. The average molecular weight is 440 g/mol. The molecule has 0 bridgehead atoms. The summed E-state index contributed by atoms with van der Waals surface area (Å²) < 4.78 is 18.3. The van der Waals surface area contributed by atoms with Gasteiger partial charge in [-0.3, -0.25) is 4.90 Å². The smallest absolute Gasteiger partial charge is 0.337 e. The Kier molecular flexibility index (Phi) is 7.09. The zero-order valence-corrected chi connectivity index (χ0v) is 18.1. The first-order chi connectivity index (χ1) is 15.3. The minimum atomic E-state index is -0.740. The van der Waals surface area contributed by atoms with Crippen molar-refractivity contribution in [3.05, 3.63) is 71.2 Å². The normalized spacial score (nSPS) is 15.8. The number of nitrogens with one attached hydrogen (secondary N) is 3. The summed E-state index contributed by atoms with van der Waals surface area (Å²) in [5.41, 5.74) is 2.18. The van der Waals surface area contributed by atoms with Crippen LogP contribution in [0.3, 0.4) is 0 Å². The van der Waals surface area contributed by atoms with E-state index in [-0.39, 0.29) is 6.03 Å². The van der Waals surface area contributed by atoms with Gasteiger partial charge in [-0.25, -0.2) is 18.8 Å². The number of hydrogen-bond donors (Lipinski definition) is 3. The number of carbonyl (C=O) groups is 3. The zero-order chi connectivity index (χ0) is 23.3. The molecule has 1 atom stereocenters. The Hall–Kier alpha value is -3.88. The van der Waals surface area contributed by atoms with Gasteiger partial charge in [-0.15, -0.1) is 0 Å². The van der Waals surface area contributed by atoms with Gasteiger partial charge in [0, 0.05) is 23.6 Å². The highest BCUT2D eigenvalue weighted by Crippen LogP contribution is 2.32. The van der Waals surface area contributed by atoms with Crippen LogP contribution in [0.1, 0.15) is 31.9 Å². The van der Waals surface area contributed by atoms with Gasteiger partial charge < -0.3 is 20.7 Å². The van der Waals surface area contributed by atoms with Crippen LogP contribution in [0, 0.1) is 5.82 Å².